The lowest BCUT2D eigenvalue weighted by molar-refractivity contribution is 0.0951. The van der Waals surface area contributed by atoms with E-state index in [1.54, 1.807) is 0 Å². The van der Waals surface area contributed by atoms with E-state index in [0.29, 0.717) is 12.1 Å². The first-order valence-corrected chi connectivity index (χ1v) is 9.38. The summed E-state index contributed by atoms with van der Waals surface area (Å²) in [6.45, 7) is 2.43. The van der Waals surface area contributed by atoms with Crippen molar-refractivity contribution >= 4 is 15.9 Å². The first kappa shape index (κ1) is 16.7. The molecule has 0 unspecified atom stereocenters. The molecule has 1 aliphatic rings. The van der Waals surface area contributed by atoms with Crippen molar-refractivity contribution in [3.8, 4) is 0 Å². The molecule has 0 bridgehead atoms. The molecule has 0 spiro atoms. The number of sulfonamides is 1. The number of benzene rings is 2. The molecule has 2 aromatic carbocycles. The fourth-order valence-corrected chi connectivity index (χ4v) is 3.69. The van der Waals surface area contributed by atoms with Gasteiger partial charge in [-0.1, -0.05) is 29.8 Å². The smallest absolute Gasteiger partial charge is 0.251 e. The SMILES string of the molecule is Cc1cccc(CNC(=O)c2ccc(S(=O)(=O)NC3CC3)cc2)c1. The fraction of sp³-hybridized carbons (Fsp3) is 0.278. The van der Waals surface area contributed by atoms with Gasteiger partial charge in [-0.25, -0.2) is 13.1 Å². The first-order chi connectivity index (χ1) is 11.4. The predicted molar refractivity (Wildman–Crippen MR) is 92.1 cm³/mol. The molecular formula is C18H20N2O3S. The summed E-state index contributed by atoms with van der Waals surface area (Å²) in [5, 5.41) is 2.84. The van der Waals surface area contributed by atoms with Crippen LogP contribution < -0.4 is 10.0 Å². The van der Waals surface area contributed by atoms with Crippen LogP contribution in [-0.2, 0) is 16.6 Å². The minimum atomic E-state index is -3.48. The Bertz CT molecular complexity index is 841. The van der Waals surface area contributed by atoms with Crippen LogP contribution in [0.1, 0.15) is 34.3 Å². The molecule has 3 rings (SSSR count). The molecule has 1 aliphatic carbocycles. The van der Waals surface area contributed by atoms with E-state index in [4.69, 9.17) is 0 Å². The van der Waals surface area contributed by atoms with Gasteiger partial charge in [-0.2, -0.15) is 0 Å². The van der Waals surface area contributed by atoms with E-state index in [2.05, 4.69) is 10.0 Å². The van der Waals surface area contributed by atoms with Crippen LogP contribution in [0, 0.1) is 6.92 Å². The normalized spacial score (nSPS) is 14.4. The Labute approximate surface area is 142 Å². The third-order valence-electron chi connectivity index (χ3n) is 3.86. The van der Waals surface area contributed by atoms with Gasteiger partial charge in [-0.15, -0.1) is 0 Å². The van der Waals surface area contributed by atoms with Crippen molar-refractivity contribution in [3.05, 3.63) is 65.2 Å². The van der Waals surface area contributed by atoms with E-state index in [0.717, 1.165) is 24.0 Å². The highest BCUT2D eigenvalue weighted by Crippen LogP contribution is 2.22. The summed E-state index contributed by atoms with van der Waals surface area (Å²) in [6, 6.07) is 14.0. The van der Waals surface area contributed by atoms with Crippen LogP contribution >= 0.6 is 0 Å². The molecule has 1 saturated carbocycles. The number of carbonyl (C=O) groups excluding carboxylic acids is 1. The lowest BCUT2D eigenvalue weighted by Crippen LogP contribution is -2.26. The lowest BCUT2D eigenvalue weighted by Gasteiger charge is -2.08. The fourth-order valence-electron chi connectivity index (χ4n) is 2.38. The molecule has 0 aliphatic heterocycles. The van der Waals surface area contributed by atoms with E-state index in [1.165, 1.54) is 24.3 Å². The Kier molecular flexibility index (Phi) is 4.69. The van der Waals surface area contributed by atoms with Gasteiger partial charge in [0.2, 0.25) is 10.0 Å². The molecule has 2 aromatic rings. The molecule has 126 valence electrons. The van der Waals surface area contributed by atoms with Crippen LogP contribution in [0.4, 0.5) is 0 Å². The van der Waals surface area contributed by atoms with Crippen molar-refractivity contribution in [3.63, 3.8) is 0 Å². The van der Waals surface area contributed by atoms with Crippen LogP contribution in [0.15, 0.2) is 53.4 Å². The van der Waals surface area contributed by atoms with Gasteiger partial charge in [0.15, 0.2) is 0 Å². The van der Waals surface area contributed by atoms with Crippen LogP contribution in [0.5, 0.6) is 0 Å². The standard InChI is InChI=1S/C18H20N2O3S/c1-13-3-2-4-14(11-13)12-19-18(21)15-5-9-17(10-6-15)24(22,23)20-16-7-8-16/h2-6,9-11,16,20H,7-8,12H2,1H3,(H,19,21). The van der Waals surface area contributed by atoms with Crippen LogP contribution in [-0.4, -0.2) is 20.4 Å². The summed E-state index contributed by atoms with van der Waals surface area (Å²) in [6.07, 6.45) is 1.78. The minimum Gasteiger partial charge on any atom is -0.348 e. The molecule has 0 atom stereocenters. The molecule has 0 aromatic heterocycles. The lowest BCUT2D eigenvalue weighted by atomic mass is 10.1. The van der Waals surface area contributed by atoms with Gasteiger partial charge in [-0.05, 0) is 49.6 Å². The molecular weight excluding hydrogens is 324 g/mol. The second-order valence-electron chi connectivity index (χ2n) is 6.09. The minimum absolute atomic E-state index is 0.0623. The number of carbonyl (C=O) groups is 1. The van der Waals surface area contributed by atoms with Crippen LogP contribution in [0.2, 0.25) is 0 Å². The average molecular weight is 344 g/mol. The maximum Gasteiger partial charge on any atom is 0.251 e. The van der Waals surface area contributed by atoms with Gasteiger partial charge >= 0.3 is 0 Å². The highest BCUT2D eigenvalue weighted by molar-refractivity contribution is 7.89. The van der Waals surface area contributed by atoms with Crippen molar-refractivity contribution in [2.75, 3.05) is 0 Å². The summed E-state index contributed by atoms with van der Waals surface area (Å²) in [5.74, 6) is -0.226. The summed E-state index contributed by atoms with van der Waals surface area (Å²) >= 11 is 0. The largest absolute Gasteiger partial charge is 0.348 e. The van der Waals surface area contributed by atoms with Gasteiger partial charge < -0.3 is 5.32 Å². The summed E-state index contributed by atoms with van der Waals surface area (Å²) in [5.41, 5.74) is 2.60. The summed E-state index contributed by atoms with van der Waals surface area (Å²) in [7, 11) is -3.48. The Balaban J connectivity index is 1.63. The zero-order chi connectivity index (χ0) is 17.2. The van der Waals surface area contributed by atoms with Gasteiger partial charge in [-0.3, -0.25) is 4.79 Å². The van der Waals surface area contributed by atoms with Crippen molar-refractivity contribution in [1.82, 2.24) is 10.0 Å². The van der Waals surface area contributed by atoms with E-state index in [9.17, 15) is 13.2 Å². The molecule has 1 fully saturated rings. The van der Waals surface area contributed by atoms with Gasteiger partial charge in [0.05, 0.1) is 4.90 Å². The van der Waals surface area contributed by atoms with Crippen molar-refractivity contribution < 1.29 is 13.2 Å². The van der Waals surface area contributed by atoms with Crippen molar-refractivity contribution in [2.24, 2.45) is 0 Å². The Morgan fingerprint density at radius 2 is 1.83 bits per heavy atom. The number of rotatable bonds is 6. The summed E-state index contributed by atoms with van der Waals surface area (Å²) in [4.78, 5) is 12.4. The summed E-state index contributed by atoms with van der Waals surface area (Å²) < 4.78 is 26.8. The van der Waals surface area contributed by atoms with Crippen LogP contribution in [0.25, 0.3) is 0 Å². The first-order valence-electron chi connectivity index (χ1n) is 7.90. The number of amides is 1. The topological polar surface area (TPSA) is 75.3 Å². The Hall–Kier alpha value is -2.18. The van der Waals surface area contributed by atoms with Gasteiger partial charge in [0.1, 0.15) is 0 Å². The highest BCUT2D eigenvalue weighted by Gasteiger charge is 2.27. The number of hydrogen-bond acceptors (Lipinski definition) is 3. The number of nitrogens with one attached hydrogen (secondary N) is 2. The maximum atomic E-state index is 12.2. The predicted octanol–water partition coefficient (Wildman–Crippen LogP) is 2.37. The molecule has 5 nitrogen and oxygen atoms in total. The highest BCUT2D eigenvalue weighted by atomic mass is 32.2. The second-order valence-corrected chi connectivity index (χ2v) is 7.81. The Morgan fingerprint density at radius 1 is 1.12 bits per heavy atom. The number of hydrogen-bond donors (Lipinski definition) is 2. The average Bonchev–Trinajstić information content (AvgIpc) is 3.36. The van der Waals surface area contributed by atoms with E-state index >= 15 is 0 Å². The van der Waals surface area contributed by atoms with Gasteiger partial charge in [0, 0.05) is 18.2 Å². The zero-order valence-corrected chi connectivity index (χ0v) is 14.3. The monoisotopic (exact) mass is 344 g/mol. The molecule has 6 heteroatoms. The molecule has 0 radical (unpaired) electrons. The number of aryl methyl sites for hydroxylation is 1. The quantitative estimate of drug-likeness (QED) is 0.845. The van der Waals surface area contributed by atoms with Crippen LogP contribution in [0.3, 0.4) is 0 Å². The van der Waals surface area contributed by atoms with E-state index in [1.807, 2.05) is 31.2 Å². The van der Waals surface area contributed by atoms with E-state index < -0.39 is 10.0 Å². The molecule has 2 N–H and O–H groups in total. The molecule has 0 saturated heterocycles. The van der Waals surface area contributed by atoms with Crippen molar-refractivity contribution in [2.45, 2.75) is 37.2 Å². The third kappa shape index (κ3) is 4.21. The maximum absolute atomic E-state index is 12.2. The molecule has 0 heterocycles. The third-order valence-corrected chi connectivity index (χ3v) is 5.40. The van der Waals surface area contributed by atoms with Gasteiger partial charge in [0.25, 0.3) is 5.91 Å². The molecule has 1 amide bonds. The van der Waals surface area contributed by atoms with Crippen molar-refractivity contribution in [1.29, 1.82) is 0 Å². The zero-order valence-electron chi connectivity index (χ0n) is 13.5. The van der Waals surface area contributed by atoms with E-state index in [-0.39, 0.29) is 16.8 Å². The Morgan fingerprint density at radius 3 is 2.46 bits per heavy atom. The second kappa shape index (κ2) is 6.75. The molecule has 24 heavy (non-hydrogen) atoms.